The number of rotatable bonds is 2. The number of likely N-dealkylation sites (N-methyl/N-ethyl adjacent to an activating group) is 3. The second-order valence-corrected chi connectivity index (χ2v) is 4.52. The van der Waals surface area contributed by atoms with Crippen LogP contribution in [0.15, 0.2) is 0 Å². The van der Waals surface area contributed by atoms with Crippen LogP contribution >= 0.6 is 0 Å². The molecule has 0 aromatic carbocycles. The molecular formula is C10H21N3O. The van der Waals surface area contributed by atoms with E-state index in [-0.39, 0.29) is 11.9 Å². The second kappa shape index (κ2) is 4.28. The maximum absolute atomic E-state index is 11.9. The summed E-state index contributed by atoms with van der Waals surface area (Å²) in [7, 11) is 7.91. The Labute approximate surface area is 86.5 Å². The molecule has 0 aromatic heterocycles. The van der Waals surface area contributed by atoms with Gasteiger partial charge in [0.2, 0.25) is 5.91 Å². The fourth-order valence-electron chi connectivity index (χ4n) is 1.87. The highest BCUT2D eigenvalue weighted by Crippen LogP contribution is 2.13. The highest BCUT2D eigenvalue weighted by molar-refractivity contribution is 5.83. The Balaban J connectivity index is 2.69. The van der Waals surface area contributed by atoms with E-state index in [0.717, 1.165) is 13.1 Å². The predicted molar refractivity (Wildman–Crippen MR) is 57.2 cm³/mol. The topological polar surface area (TPSA) is 26.8 Å². The standard InChI is InChI=1S/C10H21N3O/c1-8-6-12(4)9(7-11(2)3)10(14)13(8)5/h8-9H,6-7H2,1-5H3. The van der Waals surface area contributed by atoms with E-state index in [1.54, 1.807) is 0 Å². The normalized spacial score (nSPS) is 30.1. The number of nitrogens with zero attached hydrogens (tertiary/aromatic N) is 3. The lowest BCUT2D eigenvalue weighted by atomic mass is 10.1. The van der Waals surface area contributed by atoms with Crippen molar-refractivity contribution in [2.24, 2.45) is 0 Å². The van der Waals surface area contributed by atoms with Gasteiger partial charge in [-0.05, 0) is 28.1 Å². The van der Waals surface area contributed by atoms with Crippen LogP contribution < -0.4 is 0 Å². The van der Waals surface area contributed by atoms with Gasteiger partial charge in [-0.2, -0.15) is 0 Å². The number of amides is 1. The summed E-state index contributed by atoms with van der Waals surface area (Å²) >= 11 is 0. The quantitative estimate of drug-likeness (QED) is 0.611. The SMILES string of the molecule is CC1CN(C)C(CN(C)C)C(=O)N1C. The molecule has 1 saturated heterocycles. The van der Waals surface area contributed by atoms with E-state index in [1.165, 1.54) is 0 Å². The first-order valence-corrected chi connectivity index (χ1v) is 5.05. The van der Waals surface area contributed by atoms with Gasteiger partial charge in [-0.1, -0.05) is 0 Å². The Kier molecular flexibility index (Phi) is 3.50. The van der Waals surface area contributed by atoms with Crippen molar-refractivity contribution in [1.82, 2.24) is 14.7 Å². The maximum Gasteiger partial charge on any atom is 0.241 e. The number of hydrogen-bond donors (Lipinski definition) is 0. The molecule has 1 aliphatic rings. The van der Waals surface area contributed by atoms with Crippen molar-refractivity contribution in [3.05, 3.63) is 0 Å². The van der Waals surface area contributed by atoms with E-state index in [9.17, 15) is 4.79 Å². The van der Waals surface area contributed by atoms with Crippen LogP contribution in [0.4, 0.5) is 0 Å². The average Bonchev–Trinajstić information content (AvgIpc) is 2.09. The lowest BCUT2D eigenvalue weighted by molar-refractivity contribution is -0.143. The van der Waals surface area contributed by atoms with Gasteiger partial charge >= 0.3 is 0 Å². The number of piperazine rings is 1. The molecule has 1 rings (SSSR count). The van der Waals surface area contributed by atoms with Crippen LogP contribution in [0, 0.1) is 0 Å². The zero-order chi connectivity index (χ0) is 10.9. The molecule has 82 valence electrons. The first-order chi connectivity index (χ1) is 6.43. The third-order valence-electron chi connectivity index (χ3n) is 2.92. The molecule has 1 heterocycles. The average molecular weight is 199 g/mol. The van der Waals surface area contributed by atoms with Gasteiger partial charge in [0.1, 0.15) is 6.04 Å². The Morgan fingerprint density at radius 2 is 2.00 bits per heavy atom. The van der Waals surface area contributed by atoms with Crippen LogP contribution in [-0.4, -0.2) is 74.0 Å². The maximum atomic E-state index is 11.9. The smallest absolute Gasteiger partial charge is 0.241 e. The van der Waals surface area contributed by atoms with Gasteiger partial charge in [0.05, 0.1) is 0 Å². The minimum absolute atomic E-state index is 0.0196. The molecule has 0 aromatic rings. The summed E-state index contributed by atoms with van der Waals surface area (Å²) in [6.07, 6.45) is 0. The van der Waals surface area contributed by atoms with Crippen molar-refractivity contribution < 1.29 is 4.79 Å². The molecule has 0 saturated carbocycles. The second-order valence-electron chi connectivity index (χ2n) is 4.52. The highest BCUT2D eigenvalue weighted by Gasteiger charge is 2.34. The zero-order valence-electron chi connectivity index (χ0n) is 9.82. The van der Waals surface area contributed by atoms with Crippen molar-refractivity contribution in [1.29, 1.82) is 0 Å². The largest absolute Gasteiger partial charge is 0.340 e. The van der Waals surface area contributed by atoms with E-state index in [4.69, 9.17) is 0 Å². The van der Waals surface area contributed by atoms with E-state index in [0.29, 0.717) is 6.04 Å². The van der Waals surface area contributed by atoms with Crippen LogP contribution in [0.1, 0.15) is 6.92 Å². The van der Waals surface area contributed by atoms with Gasteiger partial charge in [-0.15, -0.1) is 0 Å². The van der Waals surface area contributed by atoms with Gasteiger partial charge in [-0.25, -0.2) is 0 Å². The first-order valence-electron chi connectivity index (χ1n) is 5.05. The van der Waals surface area contributed by atoms with E-state index in [2.05, 4.69) is 16.7 Å². The molecule has 0 radical (unpaired) electrons. The molecule has 14 heavy (non-hydrogen) atoms. The lowest BCUT2D eigenvalue weighted by Crippen LogP contribution is -2.60. The predicted octanol–water partition coefficient (Wildman–Crippen LogP) is -0.291. The molecule has 1 amide bonds. The molecular weight excluding hydrogens is 178 g/mol. The van der Waals surface area contributed by atoms with Crippen LogP contribution in [0.2, 0.25) is 0 Å². The van der Waals surface area contributed by atoms with Crippen molar-refractivity contribution in [2.45, 2.75) is 19.0 Å². The van der Waals surface area contributed by atoms with Crippen LogP contribution in [0.5, 0.6) is 0 Å². The van der Waals surface area contributed by atoms with Crippen molar-refractivity contribution >= 4 is 5.91 Å². The van der Waals surface area contributed by atoms with Gasteiger partial charge < -0.3 is 9.80 Å². The van der Waals surface area contributed by atoms with Crippen molar-refractivity contribution in [3.63, 3.8) is 0 Å². The zero-order valence-corrected chi connectivity index (χ0v) is 9.82. The van der Waals surface area contributed by atoms with Gasteiger partial charge in [-0.3, -0.25) is 9.69 Å². The Hall–Kier alpha value is -0.610. The van der Waals surface area contributed by atoms with Gasteiger partial charge in [0.25, 0.3) is 0 Å². The van der Waals surface area contributed by atoms with Gasteiger partial charge in [0, 0.05) is 26.2 Å². The Bertz CT molecular complexity index is 217. The molecule has 2 unspecified atom stereocenters. The molecule has 1 fully saturated rings. The lowest BCUT2D eigenvalue weighted by Gasteiger charge is -2.42. The monoisotopic (exact) mass is 199 g/mol. The molecule has 0 bridgehead atoms. The summed E-state index contributed by atoms with van der Waals surface area (Å²) in [5.41, 5.74) is 0. The minimum Gasteiger partial charge on any atom is -0.340 e. The van der Waals surface area contributed by atoms with E-state index in [1.807, 2.05) is 33.1 Å². The Morgan fingerprint density at radius 1 is 1.43 bits per heavy atom. The van der Waals surface area contributed by atoms with Crippen LogP contribution in [0.25, 0.3) is 0 Å². The van der Waals surface area contributed by atoms with Crippen molar-refractivity contribution in [2.75, 3.05) is 41.3 Å². The third-order valence-corrected chi connectivity index (χ3v) is 2.92. The minimum atomic E-state index is 0.0196. The summed E-state index contributed by atoms with van der Waals surface area (Å²) in [6, 6.07) is 0.345. The fourth-order valence-corrected chi connectivity index (χ4v) is 1.87. The van der Waals surface area contributed by atoms with E-state index >= 15 is 0 Å². The summed E-state index contributed by atoms with van der Waals surface area (Å²) in [6.45, 7) is 3.84. The molecule has 0 N–H and O–H groups in total. The summed E-state index contributed by atoms with van der Waals surface area (Å²) < 4.78 is 0. The third kappa shape index (κ3) is 2.25. The summed E-state index contributed by atoms with van der Waals surface area (Å²) in [5, 5.41) is 0. The highest BCUT2D eigenvalue weighted by atomic mass is 16.2. The Morgan fingerprint density at radius 3 is 2.50 bits per heavy atom. The van der Waals surface area contributed by atoms with Crippen LogP contribution in [-0.2, 0) is 4.79 Å². The summed E-state index contributed by atoms with van der Waals surface area (Å²) in [4.78, 5) is 18.0. The van der Waals surface area contributed by atoms with Crippen molar-refractivity contribution in [3.8, 4) is 0 Å². The number of carbonyl (C=O) groups is 1. The first kappa shape index (κ1) is 11.5. The molecule has 1 aliphatic heterocycles. The van der Waals surface area contributed by atoms with E-state index < -0.39 is 0 Å². The molecule has 4 nitrogen and oxygen atoms in total. The number of carbonyl (C=O) groups excluding carboxylic acids is 1. The number of hydrogen-bond acceptors (Lipinski definition) is 3. The van der Waals surface area contributed by atoms with Gasteiger partial charge in [0.15, 0.2) is 0 Å². The summed E-state index contributed by atoms with van der Waals surface area (Å²) in [5.74, 6) is 0.236. The molecule has 4 heteroatoms. The molecule has 2 atom stereocenters. The molecule has 0 spiro atoms. The van der Waals surface area contributed by atoms with Crippen LogP contribution in [0.3, 0.4) is 0 Å². The molecule has 0 aliphatic carbocycles. The fraction of sp³-hybridized carbons (Fsp3) is 0.900.